The summed E-state index contributed by atoms with van der Waals surface area (Å²) in [6.07, 6.45) is 2.75. The van der Waals surface area contributed by atoms with Gasteiger partial charge in [0.05, 0.1) is 5.92 Å². The van der Waals surface area contributed by atoms with Crippen molar-refractivity contribution >= 4 is 18.0 Å². The molecule has 0 spiro atoms. The molecule has 7 heteroatoms. The number of carboxylic acid groups (broad SMARTS) is 1. The molecule has 0 saturated heterocycles. The largest absolute Gasteiger partial charge is 0.481 e. The van der Waals surface area contributed by atoms with Gasteiger partial charge in [0.1, 0.15) is 6.61 Å². The van der Waals surface area contributed by atoms with Crippen molar-refractivity contribution in [3.05, 3.63) is 59.7 Å². The van der Waals surface area contributed by atoms with Crippen LogP contribution < -0.4 is 10.6 Å². The summed E-state index contributed by atoms with van der Waals surface area (Å²) in [5.41, 5.74) is 4.72. The first-order valence-corrected chi connectivity index (χ1v) is 12.1. The van der Waals surface area contributed by atoms with Crippen molar-refractivity contribution in [3.8, 4) is 11.1 Å². The lowest BCUT2D eigenvalue weighted by molar-refractivity contribution is -0.141. The average Bonchev–Trinajstić information content (AvgIpc) is 3.43. The number of amides is 2. The number of benzene rings is 2. The highest BCUT2D eigenvalue weighted by Crippen LogP contribution is 2.44. The van der Waals surface area contributed by atoms with Gasteiger partial charge in [-0.2, -0.15) is 0 Å². The third-order valence-electron chi connectivity index (χ3n) is 7.00. The number of aliphatic carboxylic acids is 1. The van der Waals surface area contributed by atoms with Crippen molar-refractivity contribution in [1.29, 1.82) is 0 Å². The van der Waals surface area contributed by atoms with E-state index in [9.17, 15) is 14.4 Å². The van der Waals surface area contributed by atoms with Gasteiger partial charge in [-0.3, -0.25) is 9.59 Å². The highest BCUT2D eigenvalue weighted by molar-refractivity contribution is 5.80. The predicted molar refractivity (Wildman–Crippen MR) is 128 cm³/mol. The summed E-state index contributed by atoms with van der Waals surface area (Å²) in [7, 11) is 0. The van der Waals surface area contributed by atoms with Crippen LogP contribution >= 0.6 is 0 Å². The summed E-state index contributed by atoms with van der Waals surface area (Å²) in [6, 6.07) is 16.4. The van der Waals surface area contributed by atoms with E-state index in [-0.39, 0.29) is 30.4 Å². The molecule has 3 N–H and O–H groups in total. The Hall–Kier alpha value is -3.35. The summed E-state index contributed by atoms with van der Waals surface area (Å²) in [5, 5.41) is 14.7. The molecule has 0 aromatic heterocycles. The van der Waals surface area contributed by atoms with E-state index in [1.165, 1.54) is 22.3 Å². The summed E-state index contributed by atoms with van der Waals surface area (Å²) in [5.74, 6) is -1.38. The van der Waals surface area contributed by atoms with Gasteiger partial charge in [-0.15, -0.1) is 0 Å². The zero-order chi connectivity index (χ0) is 24.1. The molecule has 180 valence electrons. The van der Waals surface area contributed by atoms with Crippen molar-refractivity contribution in [3.63, 3.8) is 0 Å². The zero-order valence-corrected chi connectivity index (χ0v) is 19.5. The Morgan fingerprint density at radius 2 is 1.68 bits per heavy atom. The van der Waals surface area contributed by atoms with Crippen LogP contribution in [-0.2, 0) is 14.3 Å². The Kier molecular flexibility index (Phi) is 7.50. The van der Waals surface area contributed by atoms with E-state index >= 15 is 0 Å². The van der Waals surface area contributed by atoms with Crippen molar-refractivity contribution in [2.75, 3.05) is 13.2 Å². The number of alkyl carbamates (subject to hydrolysis) is 1. The number of rotatable bonds is 9. The minimum Gasteiger partial charge on any atom is -0.481 e. The number of carbonyl (C=O) groups is 3. The number of nitrogens with one attached hydrogen (secondary N) is 2. The number of carbonyl (C=O) groups excluding carboxylic acids is 2. The van der Waals surface area contributed by atoms with Gasteiger partial charge in [0.15, 0.2) is 0 Å². The SMILES string of the molecule is CC(CCCNC(=O)[C@H]1CC[C@@H](NC(=O)OCC2c3ccccc3-c3ccccc32)C1)C(=O)O. The van der Waals surface area contributed by atoms with E-state index in [1.807, 2.05) is 24.3 Å². The van der Waals surface area contributed by atoms with Crippen LogP contribution in [0.5, 0.6) is 0 Å². The summed E-state index contributed by atoms with van der Waals surface area (Å²) in [6.45, 7) is 2.41. The number of carboxylic acids is 1. The monoisotopic (exact) mass is 464 g/mol. The second-order valence-electron chi connectivity index (χ2n) is 9.35. The lowest BCUT2D eigenvalue weighted by Gasteiger charge is -2.17. The lowest BCUT2D eigenvalue weighted by atomic mass is 9.98. The van der Waals surface area contributed by atoms with Gasteiger partial charge >= 0.3 is 12.1 Å². The van der Waals surface area contributed by atoms with Crippen LogP contribution in [0.25, 0.3) is 11.1 Å². The predicted octanol–water partition coefficient (Wildman–Crippen LogP) is 4.31. The fourth-order valence-corrected chi connectivity index (χ4v) is 5.05. The third-order valence-corrected chi connectivity index (χ3v) is 7.00. The van der Waals surface area contributed by atoms with Crippen LogP contribution in [-0.4, -0.2) is 42.3 Å². The maximum Gasteiger partial charge on any atom is 0.407 e. The van der Waals surface area contributed by atoms with E-state index in [0.29, 0.717) is 32.2 Å². The normalized spacial score (nSPS) is 19.7. The Bertz CT molecular complexity index is 1010. The number of hydrogen-bond acceptors (Lipinski definition) is 4. The standard InChI is InChI=1S/C27H32N2O5/c1-17(26(31)32)7-6-14-28-25(30)18-12-13-19(15-18)29-27(33)34-16-24-22-10-4-2-8-20(22)21-9-3-5-11-23(21)24/h2-5,8-11,17-19,24H,6-7,12-16H2,1H3,(H,28,30)(H,29,33)(H,31,32)/t17?,18-,19+/m0/s1. The molecule has 34 heavy (non-hydrogen) atoms. The molecular formula is C27H32N2O5. The van der Waals surface area contributed by atoms with Gasteiger partial charge in [0.25, 0.3) is 0 Å². The molecule has 4 rings (SSSR count). The van der Waals surface area contributed by atoms with Crippen LogP contribution in [0.3, 0.4) is 0 Å². The summed E-state index contributed by atoms with van der Waals surface area (Å²) in [4.78, 5) is 35.8. The molecule has 3 atom stereocenters. The molecule has 1 saturated carbocycles. The molecule has 0 radical (unpaired) electrons. The van der Waals surface area contributed by atoms with Gasteiger partial charge in [-0.1, -0.05) is 55.5 Å². The fourth-order valence-electron chi connectivity index (χ4n) is 5.05. The highest BCUT2D eigenvalue weighted by atomic mass is 16.5. The van der Waals surface area contributed by atoms with Gasteiger partial charge in [-0.05, 0) is 54.4 Å². The van der Waals surface area contributed by atoms with Crippen molar-refractivity contribution in [1.82, 2.24) is 10.6 Å². The van der Waals surface area contributed by atoms with Gasteiger partial charge < -0.3 is 20.5 Å². The Labute approximate surface area is 199 Å². The molecule has 2 aliphatic carbocycles. The minimum atomic E-state index is -0.815. The molecule has 2 aliphatic rings. The molecule has 2 aromatic rings. The molecule has 0 heterocycles. The second-order valence-corrected chi connectivity index (χ2v) is 9.35. The summed E-state index contributed by atoms with van der Waals surface area (Å²) >= 11 is 0. The first-order valence-electron chi connectivity index (χ1n) is 12.1. The average molecular weight is 465 g/mol. The number of fused-ring (bicyclic) bond motifs is 3. The van der Waals surface area contributed by atoms with Crippen molar-refractivity contribution < 1.29 is 24.2 Å². The Morgan fingerprint density at radius 1 is 1.03 bits per heavy atom. The first-order chi connectivity index (χ1) is 16.4. The fraction of sp³-hybridized carbons (Fsp3) is 0.444. The zero-order valence-electron chi connectivity index (χ0n) is 19.5. The van der Waals surface area contributed by atoms with Crippen LogP contribution in [0.2, 0.25) is 0 Å². The van der Waals surface area contributed by atoms with E-state index in [4.69, 9.17) is 9.84 Å². The van der Waals surface area contributed by atoms with E-state index in [1.54, 1.807) is 6.92 Å². The van der Waals surface area contributed by atoms with Crippen LogP contribution in [0, 0.1) is 11.8 Å². The minimum absolute atomic E-state index is 0.0177. The van der Waals surface area contributed by atoms with Crippen LogP contribution in [0.1, 0.15) is 56.1 Å². The second kappa shape index (κ2) is 10.7. The first kappa shape index (κ1) is 23.8. The smallest absolute Gasteiger partial charge is 0.407 e. The van der Waals surface area contributed by atoms with Crippen molar-refractivity contribution in [2.24, 2.45) is 11.8 Å². The number of hydrogen-bond donors (Lipinski definition) is 3. The van der Waals surface area contributed by atoms with E-state index in [2.05, 4.69) is 34.9 Å². The molecule has 2 aromatic carbocycles. The maximum absolute atomic E-state index is 12.5. The van der Waals surface area contributed by atoms with Crippen LogP contribution in [0.4, 0.5) is 4.79 Å². The molecule has 0 aliphatic heterocycles. The molecule has 2 amide bonds. The molecule has 0 bridgehead atoms. The Morgan fingerprint density at radius 3 is 2.32 bits per heavy atom. The van der Waals surface area contributed by atoms with E-state index < -0.39 is 18.0 Å². The molecule has 1 fully saturated rings. The van der Waals surface area contributed by atoms with E-state index in [0.717, 1.165) is 6.42 Å². The third kappa shape index (κ3) is 5.41. The lowest BCUT2D eigenvalue weighted by Crippen LogP contribution is -2.36. The van der Waals surface area contributed by atoms with Crippen molar-refractivity contribution in [2.45, 2.75) is 51.0 Å². The summed E-state index contributed by atoms with van der Waals surface area (Å²) < 4.78 is 5.62. The Balaban J connectivity index is 1.21. The number of ether oxygens (including phenoxy) is 1. The molecule has 1 unspecified atom stereocenters. The maximum atomic E-state index is 12.5. The van der Waals surface area contributed by atoms with Crippen LogP contribution in [0.15, 0.2) is 48.5 Å². The van der Waals surface area contributed by atoms with Gasteiger partial charge in [0.2, 0.25) is 5.91 Å². The van der Waals surface area contributed by atoms with Gasteiger partial charge in [-0.25, -0.2) is 4.79 Å². The quantitative estimate of drug-likeness (QED) is 0.480. The molecular weight excluding hydrogens is 432 g/mol. The van der Waals surface area contributed by atoms with Gasteiger partial charge in [0, 0.05) is 24.4 Å². The highest BCUT2D eigenvalue weighted by Gasteiger charge is 2.32. The topological polar surface area (TPSA) is 105 Å². The molecule has 7 nitrogen and oxygen atoms in total.